The van der Waals surface area contributed by atoms with E-state index in [2.05, 4.69) is 0 Å². The number of rotatable bonds is 5. The van der Waals surface area contributed by atoms with Gasteiger partial charge < -0.3 is 14.4 Å². The molecule has 0 fully saturated rings. The van der Waals surface area contributed by atoms with Crippen LogP contribution in [0.15, 0.2) is 18.2 Å². The van der Waals surface area contributed by atoms with Crippen molar-refractivity contribution in [1.29, 1.82) is 0 Å². The molecule has 0 N–H and O–H groups in total. The van der Waals surface area contributed by atoms with E-state index in [4.69, 9.17) is 9.47 Å². The number of carbonyl (C=O) groups excluding carboxylic acids is 1. The SMILES string of the molecule is CCN(C)C(=O)COc1ccc(C)cc1OC. The molecule has 1 aromatic rings. The minimum absolute atomic E-state index is 0.0315. The fourth-order valence-corrected chi connectivity index (χ4v) is 1.32. The molecule has 17 heavy (non-hydrogen) atoms. The van der Waals surface area contributed by atoms with Crippen molar-refractivity contribution in [2.75, 3.05) is 27.3 Å². The first-order chi connectivity index (χ1) is 8.08. The monoisotopic (exact) mass is 237 g/mol. The molecule has 0 aliphatic heterocycles. The summed E-state index contributed by atoms with van der Waals surface area (Å²) in [5.41, 5.74) is 1.09. The molecule has 0 saturated heterocycles. The van der Waals surface area contributed by atoms with Crippen LogP contribution >= 0.6 is 0 Å². The molecule has 1 aromatic carbocycles. The number of methoxy groups -OCH3 is 1. The Hall–Kier alpha value is -1.71. The first-order valence-electron chi connectivity index (χ1n) is 5.60. The zero-order valence-electron chi connectivity index (χ0n) is 10.8. The highest BCUT2D eigenvalue weighted by molar-refractivity contribution is 5.77. The highest BCUT2D eigenvalue weighted by atomic mass is 16.5. The zero-order chi connectivity index (χ0) is 12.8. The summed E-state index contributed by atoms with van der Waals surface area (Å²) in [5, 5.41) is 0. The molecule has 0 radical (unpaired) electrons. The van der Waals surface area contributed by atoms with E-state index >= 15 is 0 Å². The highest BCUT2D eigenvalue weighted by Crippen LogP contribution is 2.27. The number of ether oxygens (including phenoxy) is 2. The van der Waals surface area contributed by atoms with Crippen LogP contribution in [0.5, 0.6) is 11.5 Å². The van der Waals surface area contributed by atoms with E-state index in [1.807, 2.05) is 32.0 Å². The van der Waals surface area contributed by atoms with Gasteiger partial charge in [-0.25, -0.2) is 0 Å². The fraction of sp³-hybridized carbons (Fsp3) is 0.462. The number of hydrogen-bond donors (Lipinski definition) is 0. The lowest BCUT2D eigenvalue weighted by atomic mass is 10.2. The molecule has 0 spiro atoms. The van der Waals surface area contributed by atoms with Gasteiger partial charge in [0.1, 0.15) is 0 Å². The van der Waals surface area contributed by atoms with Gasteiger partial charge in [-0.1, -0.05) is 6.07 Å². The van der Waals surface area contributed by atoms with E-state index in [0.29, 0.717) is 18.0 Å². The normalized spacial score (nSPS) is 9.88. The van der Waals surface area contributed by atoms with Crippen molar-refractivity contribution in [3.05, 3.63) is 23.8 Å². The Kier molecular flexibility index (Phi) is 4.82. The Balaban J connectivity index is 2.66. The smallest absolute Gasteiger partial charge is 0.260 e. The molecule has 4 heteroatoms. The van der Waals surface area contributed by atoms with Crippen LogP contribution in [0.1, 0.15) is 12.5 Å². The van der Waals surface area contributed by atoms with Crippen molar-refractivity contribution in [3.63, 3.8) is 0 Å². The van der Waals surface area contributed by atoms with E-state index in [9.17, 15) is 4.79 Å². The zero-order valence-corrected chi connectivity index (χ0v) is 10.8. The molecule has 1 amide bonds. The van der Waals surface area contributed by atoms with Gasteiger partial charge in [-0.05, 0) is 31.5 Å². The Morgan fingerprint density at radius 1 is 1.35 bits per heavy atom. The van der Waals surface area contributed by atoms with Gasteiger partial charge in [-0.2, -0.15) is 0 Å². The van der Waals surface area contributed by atoms with Gasteiger partial charge in [0.25, 0.3) is 5.91 Å². The van der Waals surface area contributed by atoms with Crippen LogP contribution in [0.4, 0.5) is 0 Å². The number of likely N-dealkylation sites (N-methyl/N-ethyl adjacent to an activating group) is 1. The molecule has 1 rings (SSSR count). The molecule has 0 bridgehead atoms. The number of aryl methyl sites for hydroxylation is 1. The van der Waals surface area contributed by atoms with Crippen LogP contribution < -0.4 is 9.47 Å². The number of carbonyl (C=O) groups is 1. The average molecular weight is 237 g/mol. The lowest BCUT2D eigenvalue weighted by molar-refractivity contribution is -0.131. The van der Waals surface area contributed by atoms with Gasteiger partial charge in [0, 0.05) is 13.6 Å². The summed E-state index contributed by atoms with van der Waals surface area (Å²) in [6.07, 6.45) is 0. The molecule has 0 aromatic heterocycles. The van der Waals surface area contributed by atoms with Crippen LogP contribution in [0.25, 0.3) is 0 Å². The largest absolute Gasteiger partial charge is 0.493 e. The highest BCUT2D eigenvalue weighted by Gasteiger charge is 2.10. The van der Waals surface area contributed by atoms with E-state index in [1.54, 1.807) is 19.1 Å². The Morgan fingerprint density at radius 2 is 2.06 bits per heavy atom. The lowest BCUT2D eigenvalue weighted by Gasteiger charge is -2.16. The summed E-state index contributed by atoms with van der Waals surface area (Å²) >= 11 is 0. The molecule has 0 aliphatic carbocycles. The first-order valence-corrected chi connectivity index (χ1v) is 5.60. The maximum absolute atomic E-state index is 11.6. The predicted molar refractivity (Wildman–Crippen MR) is 66.5 cm³/mol. The quantitative estimate of drug-likeness (QED) is 0.784. The van der Waals surface area contributed by atoms with Crippen molar-refractivity contribution in [1.82, 2.24) is 4.90 Å². The second-order valence-corrected chi connectivity index (χ2v) is 3.85. The van der Waals surface area contributed by atoms with Gasteiger partial charge in [-0.15, -0.1) is 0 Å². The Morgan fingerprint density at radius 3 is 2.65 bits per heavy atom. The summed E-state index contributed by atoms with van der Waals surface area (Å²) < 4.78 is 10.6. The third-order valence-electron chi connectivity index (χ3n) is 2.57. The summed E-state index contributed by atoms with van der Waals surface area (Å²) in [4.78, 5) is 13.2. The standard InChI is InChI=1S/C13H19NO3/c1-5-14(3)13(15)9-17-11-7-6-10(2)8-12(11)16-4/h6-8H,5,9H2,1-4H3. The van der Waals surface area contributed by atoms with Crippen LogP contribution in [0.3, 0.4) is 0 Å². The lowest BCUT2D eigenvalue weighted by Crippen LogP contribution is -2.31. The van der Waals surface area contributed by atoms with Gasteiger partial charge >= 0.3 is 0 Å². The van der Waals surface area contributed by atoms with Crippen molar-refractivity contribution in [3.8, 4) is 11.5 Å². The number of nitrogens with zero attached hydrogens (tertiary/aromatic N) is 1. The van der Waals surface area contributed by atoms with Crippen molar-refractivity contribution in [2.24, 2.45) is 0 Å². The number of benzene rings is 1. The molecule has 0 unspecified atom stereocenters. The molecule has 0 atom stereocenters. The molecule has 0 saturated carbocycles. The van der Waals surface area contributed by atoms with E-state index in [0.717, 1.165) is 5.56 Å². The number of hydrogen-bond acceptors (Lipinski definition) is 3. The second-order valence-electron chi connectivity index (χ2n) is 3.85. The van der Waals surface area contributed by atoms with Gasteiger partial charge in [-0.3, -0.25) is 4.79 Å². The molecule has 0 heterocycles. The van der Waals surface area contributed by atoms with Crippen molar-refractivity contribution in [2.45, 2.75) is 13.8 Å². The summed E-state index contributed by atoms with van der Waals surface area (Å²) in [5.74, 6) is 1.20. The third-order valence-corrected chi connectivity index (χ3v) is 2.57. The molecular formula is C13H19NO3. The third kappa shape index (κ3) is 3.66. The van der Waals surface area contributed by atoms with E-state index < -0.39 is 0 Å². The summed E-state index contributed by atoms with van der Waals surface area (Å²) in [6, 6.07) is 5.61. The predicted octanol–water partition coefficient (Wildman–Crippen LogP) is 1.86. The topological polar surface area (TPSA) is 38.8 Å². The van der Waals surface area contributed by atoms with Gasteiger partial charge in [0.05, 0.1) is 7.11 Å². The minimum atomic E-state index is -0.0462. The molecule has 4 nitrogen and oxygen atoms in total. The Bertz CT molecular complexity index is 390. The van der Waals surface area contributed by atoms with E-state index in [1.165, 1.54) is 0 Å². The molecule has 94 valence electrons. The molecular weight excluding hydrogens is 218 g/mol. The van der Waals surface area contributed by atoms with Crippen LogP contribution in [0.2, 0.25) is 0 Å². The summed E-state index contributed by atoms with van der Waals surface area (Å²) in [7, 11) is 3.33. The van der Waals surface area contributed by atoms with Crippen molar-refractivity contribution >= 4 is 5.91 Å². The van der Waals surface area contributed by atoms with Gasteiger partial charge in [0.15, 0.2) is 18.1 Å². The van der Waals surface area contributed by atoms with Gasteiger partial charge in [0.2, 0.25) is 0 Å². The minimum Gasteiger partial charge on any atom is -0.493 e. The number of amides is 1. The average Bonchev–Trinajstić information content (AvgIpc) is 2.35. The van der Waals surface area contributed by atoms with E-state index in [-0.39, 0.29) is 12.5 Å². The maximum Gasteiger partial charge on any atom is 0.260 e. The molecule has 0 aliphatic rings. The summed E-state index contributed by atoms with van der Waals surface area (Å²) in [6.45, 7) is 4.60. The maximum atomic E-state index is 11.6. The first kappa shape index (κ1) is 13.4. The van der Waals surface area contributed by atoms with Crippen molar-refractivity contribution < 1.29 is 14.3 Å². The van der Waals surface area contributed by atoms with Crippen LogP contribution in [-0.2, 0) is 4.79 Å². The second kappa shape index (κ2) is 6.13. The van der Waals surface area contributed by atoms with Crippen LogP contribution in [0, 0.1) is 6.92 Å². The fourth-order valence-electron chi connectivity index (χ4n) is 1.32. The Labute approximate surface area is 102 Å². The van der Waals surface area contributed by atoms with Crippen LogP contribution in [-0.4, -0.2) is 38.1 Å².